The number of nitrogens with one attached hydrogen (secondary N) is 2. The Bertz CT molecular complexity index is 904. The summed E-state index contributed by atoms with van der Waals surface area (Å²) in [5, 5.41) is 5.28. The van der Waals surface area contributed by atoms with E-state index < -0.39 is 6.03 Å². The number of amides is 3. The Hall–Kier alpha value is -2.66. The van der Waals surface area contributed by atoms with Crippen molar-refractivity contribution in [3.63, 3.8) is 0 Å². The van der Waals surface area contributed by atoms with Gasteiger partial charge in [0.25, 0.3) is 0 Å². The molecule has 0 aromatic heterocycles. The molecule has 0 radical (unpaired) electrons. The molecular formula is C23H27N3O2. The number of urea groups is 1. The first-order chi connectivity index (χ1) is 13.5. The van der Waals surface area contributed by atoms with Gasteiger partial charge in [0.05, 0.1) is 6.54 Å². The van der Waals surface area contributed by atoms with Crippen LogP contribution < -0.4 is 10.6 Å². The van der Waals surface area contributed by atoms with Crippen molar-refractivity contribution in [3.05, 3.63) is 64.7 Å². The topological polar surface area (TPSA) is 61.4 Å². The fourth-order valence-corrected chi connectivity index (χ4v) is 4.22. The lowest BCUT2D eigenvalue weighted by atomic mass is 10.1. The number of carbonyl (C=O) groups excluding carboxylic acids is 2. The van der Waals surface area contributed by atoms with Crippen molar-refractivity contribution in [1.82, 2.24) is 10.2 Å². The Morgan fingerprint density at radius 3 is 2.61 bits per heavy atom. The van der Waals surface area contributed by atoms with E-state index in [1.54, 1.807) is 0 Å². The zero-order valence-corrected chi connectivity index (χ0v) is 16.5. The molecule has 146 valence electrons. The van der Waals surface area contributed by atoms with Gasteiger partial charge in [-0.25, -0.2) is 4.79 Å². The molecule has 2 aliphatic rings. The highest BCUT2D eigenvalue weighted by Crippen LogP contribution is 2.41. The molecular weight excluding hydrogens is 350 g/mol. The summed E-state index contributed by atoms with van der Waals surface area (Å²) >= 11 is 0. The second-order valence-corrected chi connectivity index (χ2v) is 7.98. The van der Waals surface area contributed by atoms with Crippen molar-refractivity contribution in [3.8, 4) is 0 Å². The summed E-state index contributed by atoms with van der Waals surface area (Å²) in [6, 6.07) is 14.6. The number of hydrogen-bond donors (Lipinski definition) is 2. The van der Waals surface area contributed by atoms with Gasteiger partial charge in [-0.2, -0.15) is 0 Å². The highest BCUT2D eigenvalue weighted by atomic mass is 16.2. The van der Waals surface area contributed by atoms with E-state index in [0.29, 0.717) is 6.04 Å². The maximum absolute atomic E-state index is 12.6. The van der Waals surface area contributed by atoms with Gasteiger partial charge in [-0.05, 0) is 62.3 Å². The number of carbonyl (C=O) groups is 2. The van der Waals surface area contributed by atoms with E-state index in [1.165, 1.54) is 11.1 Å². The molecule has 0 saturated heterocycles. The largest absolute Gasteiger partial charge is 0.325 e. The van der Waals surface area contributed by atoms with Crippen LogP contribution in [0.4, 0.5) is 10.5 Å². The van der Waals surface area contributed by atoms with Crippen molar-refractivity contribution in [2.75, 3.05) is 11.9 Å². The number of fused-ring (bicyclic) bond motifs is 1. The summed E-state index contributed by atoms with van der Waals surface area (Å²) in [5.41, 5.74) is 5.55. The maximum atomic E-state index is 12.6. The molecule has 2 N–H and O–H groups in total. The summed E-state index contributed by atoms with van der Waals surface area (Å²) < 4.78 is 0. The van der Waals surface area contributed by atoms with Crippen LogP contribution in [0.2, 0.25) is 0 Å². The van der Waals surface area contributed by atoms with Crippen molar-refractivity contribution in [1.29, 1.82) is 0 Å². The second-order valence-electron chi connectivity index (χ2n) is 7.98. The fourth-order valence-electron chi connectivity index (χ4n) is 4.22. The molecule has 0 spiro atoms. The number of hydrogen-bond acceptors (Lipinski definition) is 3. The molecule has 4 rings (SSSR count). The van der Waals surface area contributed by atoms with Gasteiger partial charge in [0.1, 0.15) is 0 Å². The Morgan fingerprint density at radius 1 is 1.07 bits per heavy atom. The van der Waals surface area contributed by atoms with Crippen LogP contribution >= 0.6 is 0 Å². The average Bonchev–Trinajstić information content (AvgIpc) is 3.41. The number of nitrogens with zero attached hydrogens (tertiary/aromatic N) is 1. The number of anilines is 1. The van der Waals surface area contributed by atoms with E-state index in [0.717, 1.165) is 42.5 Å². The third kappa shape index (κ3) is 4.09. The van der Waals surface area contributed by atoms with Gasteiger partial charge in [-0.15, -0.1) is 0 Å². The van der Waals surface area contributed by atoms with Crippen LogP contribution in [0.3, 0.4) is 0 Å². The molecule has 28 heavy (non-hydrogen) atoms. The first-order valence-corrected chi connectivity index (χ1v) is 10.0. The molecule has 0 aliphatic heterocycles. The minimum Gasteiger partial charge on any atom is -0.307 e. The van der Waals surface area contributed by atoms with E-state index in [4.69, 9.17) is 0 Å². The molecule has 5 nitrogen and oxygen atoms in total. The fraction of sp³-hybridized carbons (Fsp3) is 0.391. The van der Waals surface area contributed by atoms with Crippen molar-refractivity contribution in [2.45, 2.75) is 51.6 Å². The predicted octanol–water partition coefficient (Wildman–Crippen LogP) is 4.10. The predicted molar refractivity (Wildman–Crippen MR) is 110 cm³/mol. The second kappa shape index (κ2) is 7.76. The summed E-state index contributed by atoms with van der Waals surface area (Å²) in [7, 11) is 0. The summed E-state index contributed by atoms with van der Waals surface area (Å²) in [4.78, 5) is 27.1. The van der Waals surface area contributed by atoms with Crippen LogP contribution in [0.5, 0.6) is 0 Å². The molecule has 2 aromatic rings. The lowest BCUT2D eigenvalue weighted by molar-refractivity contribution is -0.121. The molecule has 1 atom stereocenters. The lowest BCUT2D eigenvalue weighted by Crippen LogP contribution is -2.43. The third-order valence-corrected chi connectivity index (χ3v) is 5.73. The Kier molecular flexibility index (Phi) is 5.18. The molecule has 0 bridgehead atoms. The van der Waals surface area contributed by atoms with Crippen LogP contribution in [-0.4, -0.2) is 29.4 Å². The first-order valence-electron chi connectivity index (χ1n) is 10.0. The van der Waals surface area contributed by atoms with Crippen molar-refractivity contribution < 1.29 is 9.59 Å². The summed E-state index contributed by atoms with van der Waals surface area (Å²) in [6.07, 6.45) is 4.35. The number of benzene rings is 2. The van der Waals surface area contributed by atoms with Crippen molar-refractivity contribution >= 4 is 17.6 Å². The zero-order valence-electron chi connectivity index (χ0n) is 16.5. The molecule has 5 heteroatoms. The summed E-state index contributed by atoms with van der Waals surface area (Å²) in [6.45, 7) is 4.20. The minimum atomic E-state index is -0.473. The van der Waals surface area contributed by atoms with Gasteiger partial charge < -0.3 is 5.32 Å². The number of imide groups is 1. The average molecular weight is 377 g/mol. The van der Waals surface area contributed by atoms with Crippen LogP contribution in [0, 0.1) is 13.8 Å². The first kappa shape index (κ1) is 18.7. The van der Waals surface area contributed by atoms with E-state index in [1.807, 2.05) is 32.0 Å². The quantitative estimate of drug-likeness (QED) is 0.825. The van der Waals surface area contributed by atoms with Crippen LogP contribution in [0.25, 0.3) is 0 Å². The Morgan fingerprint density at radius 2 is 1.86 bits per heavy atom. The standard InChI is InChI=1S/C23H27N3O2/c1-15-7-11-20(16(2)13-15)24-23(28)25-22(27)14-26(18-9-10-18)21-12-8-17-5-3-4-6-19(17)21/h3-7,11,13,18,21H,8-10,12,14H2,1-2H3,(H2,24,25,27,28). The Labute approximate surface area is 166 Å². The smallest absolute Gasteiger partial charge is 0.307 e. The lowest BCUT2D eigenvalue weighted by Gasteiger charge is -2.29. The van der Waals surface area contributed by atoms with E-state index in [-0.39, 0.29) is 18.5 Å². The van der Waals surface area contributed by atoms with Crippen molar-refractivity contribution in [2.24, 2.45) is 0 Å². The van der Waals surface area contributed by atoms with Gasteiger partial charge >= 0.3 is 6.03 Å². The SMILES string of the molecule is Cc1ccc(NC(=O)NC(=O)CN(C2CC2)C2CCc3ccccc32)c(C)c1. The molecule has 0 heterocycles. The molecule has 1 fully saturated rings. The van der Waals surface area contributed by atoms with Gasteiger partial charge in [-0.3, -0.25) is 15.0 Å². The molecule has 1 unspecified atom stereocenters. The van der Waals surface area contributed by atoms with Gasteiger partial charge in [0.15, 0.2) is 0 Å². The highest BCUT2D eigenvalue weighted by molar-refractivity contribution is 6.02. The monoisotopic (exact) mass is 377 g/mol. The van der Waals surface area contributed by atoms with E-state index >= 15 is 0 Å². The van der Waals surface area contributed by atoms with Crippen LogP contribution in [0.1, 0.15) is 47.6 Å². The van der Waals surface area contributed by atoms with Gasteiger partial charge in [0.2, 0.25) is 5.91 Å². The molecule has 2 aromatic carbocycles. The molecule has 3 amide bonds. The molecule has 1 saturated carbocycles. The maximum Gasteiger partial charge on any atom is 0.325 e. The van der Waals surface area contributed by atoms with Gasteiger partial charge in [-0.1, -0.05) is 42.0 Å². The molecule has 2 aliphatic carbocycles. The van der Waals surface area contributed by atoms with Crippen LogP contribution in [-0.2, 0) is 11.2 Å². The third-order valence-electron chi connectivity index (χ3n) is 5.73. The summed E-state index contributed by atoms with van der Waals surface area (Å²) in [5.74, 6) is -0.251. The normalized spacial score (nSPS) is 18.0. The number of aryl methyl sites for hydroxylation is 3. The zero-order chi connectivity index (χ0) is 19.7. The van der Waals surface area contributed by atoms with E-state index in [2.05, 4.69) is 39.8 Å². The Balaban J connectivity index is 1.38. The minimum absolute atomic E-state index is 0.251. The van der Waals surface area contributed by atoms with E-state index in [9.17, 15) is 9.59 Å². The van der Waals surface area contributed by atoms with Crippen LogP contribution in [0.15, 0.2) is 42.5 Å². The highest BCUT2D eigenvalue weighted by Gasteiger charge is 2.38. The van der Waals surface area contributed by atoms with Gasteiger partial charge in [0, 0.05) is 17.8 Å². The number of rotatable bonds is 5.